The number of thioether (sulfide) groups is 1. The van der Waals surface area contributed by atoms with Crippen molar-refractivity contribution in [1.82, 2.24) is 5.32 Å². The van der Waals surface area contributed by atoms with Crippen LogP contribution in [0.4, 0.5) is 0 Å². The number of rotatable bonds is 0. The molecular formula is C13H17NOS. The zero-order chi connectivity index (χ0) is 11.0. The summed E-state index contributed by atoms with van der Waals surface area (Å²) in [4.78, 5) is 0.104. The summed E-state index contributed by atoms with van der Waals surface area (Å²) in [6.45, 7) is 3.10. The van der Waals surface area contributed by atoms with Crippen LogP contribution < -0.4 is 10.1 Å². The highest BCUT2D eigenvalue weighted by Crippen LogP contribution is 2.47. The molecule has 16 heavy (non-hydrogen) atoms. The third-order valence-corrected chi connectivity index (χ3v) is 4.89. The molecule has 2 aliphatic heterocycles. The second kappa shape index (κ2) is 3.97. The van der Waals surface area contributed by atoms with Gasteiger partial charge in [0.1, 0.15) is 5.75 Å². The summed E-state index contributed by atoms with van der Waals surface area (Å²) in [5, 5.41) is 3.77. The Balaban J connectivity index is 2.02. The van der Waals surface area contributed by atoms with Crippen LogP contribution in [0.1, 0.15) is 25.3 Å². The van der Waals surface area contributed by atoms with Gasteiger partial charge in [-0.15, -0.1) is 11.8 Å². The predicted molar refractivity (Wildman–Crippen MR) is 67.9 cm³/mol. The highest BCUT2D eigenvalue weighted by molar-refractivity contribution is 8.00. The fourth-order valence-electron chi connectivity index (χ4n) is 2.59. The van der Waals surface area contributed by atoms with Crippen LogP contribution in [0.2, 0.25) is 0 Å². The van der Waals surface area contributed by atoms with E-state index < -0.39 is 0 Å². The van der Waals surface area contributed by atoms with Gasteiger partial charge in [-0.1, -0.05) is 18.2 Å². The SMILES string of the molecule is CC1CCSC2(CCOc3ccccc32)N1. The lowest BCUT2D eigenvalue weighted by Crippen LogP contribution is -2.50. The first-order chi connectivity index (χ1) is 7.80. The van der Waals surface area contributed by atoms with Gasteiger partial charge >= 0.3 is 0 Å². The Morgan fingerprint density at radius 1 is 1.44 bits per heavy atom. The highest BCUT2D eigenvalue weighted by atomic mass is 32.2. The Bertz CT molecular complexity index is 395. The summed E-state index contributed by atoms with van der Waals surface area (Å²) in [6, 6.07) is 9.04. The molecule has 0 amide bonds. The van der Waals surface area contributed by atoms with Crippen molar-refractivity contribution in [3.05, 3.63) is 29.8 Å². The first kappa shape index (κ1) is 10.5. The molecule has 1 spiro atoms. The average Bonchev–Trinajstić information content (AvgIpc) is 2.30. The van der Waals surface area contributed by atoms with Crippen LogP contribution in [-0.4, -0.2) is 18.4 Å². The topological polar surface area (TPSA) is 21.3 Å². The number of nitrogens with one attached hydrogen (secondary N) is 1. The standard InChI is InChI=1S/C13H17NOS/c1-10-6-9-16-13(14-10)7-8-15-12-5-3-2-4-11(12)13/h2-5,10,14H,6-9H2,1H3. The molecule has 3 rings (SSSR count). The van der Waals surface area contributed by atoms with Gasteiger partial charge in [0.25, 0.3) is 0 Å². The van der Waals surface area contributed by atoms with Crippen molar-refractivity contribution in [3.63, 3.8) is 0 Å². The molecule has 2 aliphatic rings. The molecule has 0 saturated carbocycles. The summed E-state index contributed by atoms with van der Waals surface area (Å²) in [5.74, 6) is 2.30. The van der Waals surface area contributed by atoms with Crippen molar-refractivity contribution >= 4 is 11.8 Å². The van der Waals surface area contributed by atoms with Gasteiger partial charge in [0, 0.05) is 18.0 Å². The zero-order valence-corrected chi connectivity index (χ0v) is 10.3. The predicted octanol–water partition coefficient (Wildman–Crippen LogP) is 2.74. The van der Waals surface area contributed by atoms with Gasteiger partial charge in [0.15, 0.2) is 0 Å². The molecule has 1 saturated heterocycles. The molecule has 0 bridgehead atoms. The summed E-state index contributed by atoms with van der Waals surface area (Å²) in [7, 11) is 0. The van der Waals surface area contributed by atoms with Crippen LogP contribution in [0.3, 0.4) is 0 Å². The van der Waals surface area contributed by atoms with Crippen LogP contribution in [-0.2, 0) is 4.87 Å². The number of hydrogen-bond acceptors (Lipinski definition) is 3. The molecule has 2 unspecified atom stereocenters. The normalized spacial score (nSPS) is 33.2. The van der Waals surface area contributed by atoms with Gasteiger partial charge in [-0.25, -0.2) is 0 Å². The van der Waals surface area contributed by atoms with E-state index in [0.717, 1.165) is 18.8 Å². The van der Waals surface area contributed by atoms with E-state index >= 15 is 0 Å². The van der Waals surface area contributed by atoms with Crippen molar-refractivity contribution in [1.29, 1.82) is 0 Å². The molecule has 0 radical (unpaired) electrons. The lowest BCUT2D eigenvalue weighted by molar-refractivity contribution is 0.225. The molecule has 0 aromatic heterocycles. The smallest absolute Gasteiger partial charge is 0.125 e. The molecule has 1 aromatic rings. The summed E-state index contributed by atoms with van der Waals surface area (Å²) in [5.41, 5.74) is 1.33. The molecule has 1 fully saturated rings. The Kier molecular flexibility index (Phi) is 2.60. The van der Waals surface area contributed by atoms with Crippen molar-refractivity contribution in [2.75, 3.05) is 12.4 Å². The molecule has 0 aliphatic carbocycles. The Hall–Kier alpha value is -0.670. The Morgan fingerprint density at radius 2 is 2.31 bits per heavy atom. The third-order valence-electron chi connectivity index (χ3n) is 3.41. The Labute approximate surface area is 101 Å². The van der Waals surface area contributed by atoms with Crippen LogP contribution in [0.5, 0.6) is 5.75 Å². The van der Waals surface area contributed by atoms with Crippen LogP contribution >= 0.6 is 11.8 Å². The first-order valence-corrected chi connectivity index (χ1v) is 6.93. The van der Waals surface area contributed by atoms with Gasteiger partial charge in [0.2, 0.25) is 0 Å². The van der Waals surface area contributed by atoms with E-state index in [2.05, 4.69) is 36.5 Å². The van der Waals surface area contributed by atoms with Crippen LogP contribution in [0.15, 0.2) is 24.3 Å². The van der Waals surface area contributed by atoms with Crippen molar-refractivity contribution < 1.29 is 4.74 Å². The number of fused-ring (bicyclic) bond motifs is 2. The minimum absolute atomic E-state index is 0.104. The lowest BCUT2D eigenvalue weighted by Gasteiger charge is -2.44. The zero-order valence-electron chi connectivity index (χ0n) is 9.53. The van der Waals surface area contributed by atoms with Crippen molar-refractivity contribution in [3.8, 4) is 5.75 Å². The summed E-state index contributed by atoms with van der Waals surface area (Å²) in [6.07, 6.45) is 2.33. The summed E-state index contributed by atoms with van der Waals surface area (Å²) < 4.78 is 5.73. The average molecular weight is 235 g/mol. The minimum Gasteiger partial charge on any atom is -0.493 e. The largest absolute Gasteiger partial charge is 0.493 e. The van der Waals surface area contributed by atoms with E-state index in [1.165, 1.54) is 17.7 Å². The number of para-hydroxylation sites is 1. The quantitative estimate of drug-likeness (QED) is 0.747. The molecule has 1 aromatic carbocycles. The van der Waals surface area contributed by atoms with Crippen molar-refractivity contribution in [2.45, 2.75) is 30.7 Å². The second-order valence-electron chi connectivity index (χ2n) is 4.60. The maximum Gasteiger partial charge on any atom is 0.125 e. The van der Waals surface area contributed by atoms with E-state index in [1.807, 2.05) is 11.8 Å². The molecule has 2 atom stereocenters. The van der Waals surface area contributed by atoms with E-state index in [4.69, 9.17) is 4.74 Å². The van der Waals surface area contributed by atoms with E-state index in [-0.39, 0.29) is 4.87 Å². The second-order valence-corrected chi connectivity index (χ2v) is 6.00. The van der Waals surface area contributed by atoms with Crippen LogP contribution in [0.25, 0.3) is 0 Å². The molecule has 2 nitrogen and oxygen atoms in total. The van der Waals surface area contributed by atoms with Crippen molar-refractivity contribution in [2.24, 2.45) is 0 Å². The summed E-state index contributed by atoms with van der Waals surface area (Å²) >= 11 is 2.04. The Morgan fingerprint density at radius 3 is 3.19 bits per heavy atom. The van der Waals surface area contributed by atoms with Gasteiger partial charge < -0.3 is 4.74 Å². The lowest BCUT2D eigenvalue weighted by atomic mass is 9.98. The molecule has 2 heterocycles. The minimum atomic E-state index is 0.104. The van der Waals surface area contributed by atoms with Gasteiger partial charge in [0.05, 0.1) is 11.5 Å². The van der Waals surface area contributed by atoms with Gasteiger partial charge in [-0.2, -0.15) is 0 Å². The number of hydrogen-bond donors (Lipinski definition) is 1. The van der Waals surface area contributed by atoms with E-state index in [0.29, 0.717) is 6.04 Å². The van der Waals surface area contributed by atoms with Crippen LogP contribution in [0, 0.1) is 0 Å². The van der Waals surface area contributed by atoms with Gasteiger partial charge in [-0.3, -0.25) is 5.32 Å². The number of benzene rings is 1. The van der Waals surface area contributed by atoms with Gasteiger partial charge in [-0.05, 0) is 25.2 Å². The molecule has 1 N–H and O–H groups in total. The monoisotopic (exact) mass is 235 g/mol. The fourth-order valence-corrected chi connectivity index (χ4v) is 4.24. The fraction of sp³-hybridized carbons (Fsp3) is 0.538. The molecule has 3 heteroatoms. The van der Waals surface area contributed by atoms with E-state index in [1.54, 1.807) is 0 Å². The van der Waals surface area contributed by atoms with E-state index in [9.17, 15) is 0 Å². The maximum absolute atomic E-state index is 5.73. The third kappa shape index (κ3) is 1.62. The maximum atomic E-state index is 5.73. The first-order valence-electron chi connectivity index (χ1n) is 5.94. The highest BCUT2D eigenvalue weighted by Gasteiger charge is 2.40. The number of ether oxygens (including phenoxy) is 1. The molecular weight excluding hydrogens is 218 g/mol. The molecule has 86 valence electrons.